The summed E-state index contributed by atoms with van der Waals surface area (Å²) in [6.07, 6.45) is 0.595. The molecule has 0 aromatic carbocycles. The lowest BCUT2D eigenvalue weighted by molar-refractivity contribution is 0.536. The average molecular weight is 303 g/mol. The molecule has 0 amide bonds. The van der Waals surface area contributed by atoms with Crippen molar-refractivity contribution in [1.29, 1.82) is 0 Å². The van der Waals surface area contributed by atoms with E-state index in [0.717, 1.165) is 0 Å². The SMILES string of the molecule is CC(C)(C)c1nnc(S[C@H]2CCS(=O)(=O)C2)[nH]c1=O. The molecule has 19 heavy (non-hydrogen) atoms. The van der Waals surface area contributed by atoms with E-state index in [-0.39, 0.29) is 27.7 Å². The van der Waals surface area contributed by atoms with Crippen molar-refractivity contribution < 1.29 is 8.42 Å². The number of hydrogen-bond acceptors (Lipinski definition) is 6. The number of aromatic nitrogens is 3. The van der Waals surface area contributed by atoms with Gasteiger partial charge in [-0.2, -0.15) is 0 Å². The summed E-state index contributed by atoms with van der Waals surface area (Å²) < 4.78 is 22.7. The molecular weight excluding hydrogens is 286 g/mol. The molecule has 106 valence electrons. The van der Waals surface area contributed by atoms with Crippen LogP contribution in [-0.2, 0) is 15.3 Å². The number of H-pyrrole nitrogens is 1. The molecule has 0 aliphatic carbocycles. The van der Waals surface area contributed by atoms with Gasteiger partial charge in [0.1, 0.15) is 5.69 Å². The Kier molecular flexibility index (Phi) is 3.74. The van der Waals surface area contributed by atoms with Crippen molar-refractivity contribution in [3.8, 4) is 0 Å². The second kappa shape index (κ2) is 4.90. The fraction of sp³-hybridized carbons (Fsp3) is 0.727. The number of nitrogens with one attached hydrogen (secondary N) is 1. The van der Waals surface area contributed by atoms with Gasteiger partial charge in [0.25, 0.3) is 5.56 Å². The van der Waals surface area contributed by atoms with Crippen molar-refractivity contribution in [2.45, 2.75) is 43.0 Å². The predicted molar refractivity (Wildman–Crippen MR) is 74.3 cm³/mol. The Hall–Kier alpha value is -0.890. The Bertz CT molecular complexity index is 631. The molecule has 1 atom stereocenters. The molecule has 6 nitrogen and oxygen atoms in total. The molecule has 0 saturated carbocycles. The zero-order valence-electron chi connectivity index (χ0n) is 11.1. The fourth-order valence-corrected chi connectivity index (χ4v) is 5.26. The zero-order chi connectivity index (χ0) is 14.3. The van der Waals surface area contributed by atoms with Crippen LogP contribution in [0.25, 0.3) is 0 Å². The van der Waals surface area contributed by atoms with Gasteiger partial charge >= 0.3 is 0 Å². The minimum atomic E-state index is -2.92. The van der Waals surface area contributed by atoms with Crippen LogP contribution in [0.5, 0.6) is 0 Å². The molecule has 1 saturated heterocycles. The first-order valence-electron chi connectivity index (χ1n) is 6.02. The third kappa shape index (κ3) is 3.56. The lowest BCUT2D eigenvalue weighted by Crippen LogP contribution is -2.28. The van der Waals surface area contributed by atoms with E-state index in [2.05, 4.69) is 15.2 Å². The third-order valence-electron chi connectivity index (χ3n) is 2.86. The lowest BCUT2D eigenvalue weighted by Gasteiger charge is -2.15. The Morgan fingerprint density at radius 2 is 2.00 bits per heavy atom. The Labute approximate surface area is 116 Å². The fourth-order valence-electron chi connectivity index (χ4n) is 1.88. The molecule has 1 N–H and O–H groups in total. The predicted octanol–water partition coefficient (Wildman–Crippen LogP) is 0.742. The van der Waals surface area contributed by atoms with Gasteiger partial charge < -0.3 is 0 Å². The first-order valence-corrected chi connectivity index (χ1v) is 8.72. The van der Waals surface area contributed by atoms with Gasteiger partial charge in [0, 0.05) is 10.7 Å². The molecule has 1 aliphatic heterocycles. The van der Waals surface area contributed by atoms with E-state index in [4.69, 9.17) is 0 Å². The molecule has 8 heteroatoms. The molecule has 0 spiro atoms. The summed E-state index contributed by atoms with van der Waals surface area (Å²) in [6.45, 7) is 5.67. The Balaban J connectivity index is 2.16. The topological polar surface area (TPSA) is 92.8 Å². The molecular formula is C11H17N3O3S2. The third-order valence-corrected chi connectivity index (χ3v) is 5.98. The molecule has 1 aromatic rings. The van der Waals surface area contributed by atoms with E-state index in [1.807, 2.05) is 20.8 Å². The molecule has 0 unspecified atom stereocenters. The molecule has 0 bridgehead atoms. The summed E-state index contributed by atoms with van der Waals surface area (Å²) in [6, 6.07) is 0. The highest BCUT2D eigenvalue weighted by Gasteiger charge is 2.29. The summed E-state index contributed by atoms with van der Waals surface area (Å²) in [5, 5.41) is 8.29. The lowest BCUT2D eigenvalue weighted by atomic mass is 9.93. The second-order valence-corrected chi connectivity index (χ2v) is 9.22. The zero-order valence-corrected chi connectivity index (χ0v) is 12.8. The highest BCUT2D eigenvalue weighted by molar-refractivity contribution is 8.01. The Morgan fingerprint density at radius 3 is 2.47 bits per heavy atom. The summed E-state index contributed by atoms with van der Waals surface area (Å²) in [5.74, 6) is 0.352. The van der Waals surface area contributed by atoms with Gasteiger partial charge in [0.2, 0.25) is 0 Å². The smallest absolute Gasteiger partial charge is 0.274 e. The van der Waals surface area contributed by atoms with Crippen LogP contribution >= 0.6 is 11.8 Å². The minimum Gasteiger partial charge on any atom is -0.298 e. The van der Waals surface area contributed by atoms with Crippen molar-refractivity contribution in [3.05, 3.63) is 16.0 Å². The van der Waals surface area contributed by atoms with E-state index in [1.165, 1.54) is 11.8 Å². The molecule has 1 fully saturated rings. The van der Waals surface area contributed by atoms with E-state index in [9.17, 15) is 13.2 Å². The first kappa shape index (κ1) is 14.5. The first-order chi connectivity index (χ1) is 8.67. The number of sulfone groups is 1. The Morgan fingerprint density at radius 1 is 1.32 bits per heavy atom. The van der Waals surface area contributed by atoms with Crippen LogP contribution in [0.15, 0.2) is 9.95 Å². The van der Waals surface area contributed by atoms with Crippen molar-refractivity contribution in [2.75, 3.05) is 11.5 Å². The van der Waals surface area contributed by atoms with E-state index in [1.54, 1.807) is 0 Å². The van der Waals surface area contributed by atoms with Crippen molar-refractivity contribution >= 4 is 21.6 Å². The van der Waals surface area contributed by atoms with Crippen LogP contribution in [-0.4, -0.2) is 40.4 Å². The number of thioether (sulfide) groups is 1. The highest BCUT2D eigenvalue weighted by Crippen LogP contribution is 2.28. The van der Waals surface area contributed by atoms with Crippen LogP contribution in [0.4, 0.5) is 0 Å². The number of rotatable bonds is 2. The number of nitrogens with zero attached hydrogens (tertiary/aromatic N) is 2. The van der Waals surface area contributed by atoms with Crippen molar-refractivity contribution in [1.82, 2.24) is 15.2 Å². The summed E-state index contributed by atoms with van der Waals surface area (Å²) >= 11 is 1.28. The van der Waals surface area contributed by atoms with Gasteiger partial charge in [-0.25, -0.2) is 8.42 Å². The van der Waals surface area contributed by atoms with Crippen LogP contribution < -0.4 is 5.56 Å². The number of aromatic amines is 1. The molecule has 2 rings (SSSR count). The second-order valence-electron chi connectivity index (χ2n) is 5.70. The van der Waals surface area contributed by atoms with Crippen molar-refractivity contribution in [2.24, 2.45) is 0 Å². The van der Waals surface area contributed by atoms with Crippen LogP contribution in [0.2, 0.25) is 0 Å². The maximum atomic E-state index is 11.9. The molecule has 1 aliphatic rings. The molecule has 2 heterocycles. The van der Waals surface area contributed by atoms with E-state index < -0.39 is 9.84 Å². The monoisotopic (exact) mass is 303 g/mol. The van der Waals surface area contributed by atoms with Gasteiger partial charge in [0.05, 0.1) is 11.5 Å². The molecule has 0 radical (unpaired) electrons. The summed E-state index contributed by atoms with van der Waals surface area (Å²) in [5.41, 5.74) is -0.234. The van der Waals surface area contributed by atoms with Gasteiger partial charge in [-0.3, -0.25) is 9.78 Å². The molecule has 1 aromatic heterocycles. The van der Waals surface area contributed by atoms with Crippen molar-refractivity contribution in [3.63, 3.8) is 0 Å². The van der Waals surface area contributed by atoms with Gasteiger partial charge in [-0.15, -0.1) is 10.2 Å². The van der Waals surface area contributed by atoms with Gasteiger partial charge in [-0.1, -0.05) is 32.5 Å². The normalized spacial score (nSPS) is 22.6. The largest absolute Gasteiger partial charge is 0.298 e. The van der Waals surface area contributed by atoms with Gasteiger partial charge in [-0.05, 0) is 6.42 Å². The van der Waals surface area contributed by atoms with E-state index >= 15 is 0 Å². The average Bonchev–Trinajstić information content (AvgIpc) is 2.56. The van der Waals surface area contributed by atoms with Crippen LogP contribution in [0.1, 0.15) is 32.9 Å². The standard InChI is InChI=1S/C11H17N3O3S2/c1-11(2,3)8-9(15)12-10(14-13-8)18-7-4-5-19(16,17)6-7/h7H,4-6H2,1-3H3,(H,12,14,15)/t7-/m0/s1. The maximum Gasteiger partial charge on any atom is 0.274 e. The summed E-state index contributed by atoms with van der Waals surface area (Å²) in [4.78, 5) is 14.6. The van der Waals surface area contributed by atoms with Crippen LogP contribution in [0, 0.1) is 0 Å². The quantitative estimate of drug-likeness (QED) is 0.866. The maximum absolute atomic E-state index is 11.9. The number of hydrogen-bond donors (Lipinski definition) is 1. The minimum absolute atomic E-state index is 0.0459. The summed E-state index contributed by atoms with van der Waals surface area (Å²) in [7, 11) is -2.92. The van der Waals surface area contributed by atoms with E-state index in [0.29, 0.717) is 17.3 Å². The van der Waals surface area contributed by atoms with Gasteiger partial charge in [0.15, 0.2) is 15.0 Å². The van der Waals surface area contributed by atoms with Crippen LogP contribution in [0.3, 0.4) is 0 Å². The highest BCUT2D eigenvalue weighted by atomic mass is 32.2.